The largest absolute Gasteiger partial charge is 0.497 e. The van der Waals surface area contributed by atoms with Gasteiger partial charge in [-0.05, 0) is 43.2 Å². The second-order valence-electron chi connectivity index (χ2n) is 8.47. The smallest absolute Gasteiger partial charge is 0.338 e. The van der Waals surface area contributed by atoms with Gasteiger partial charge < -0.3 is 19.5 Å². The zero-order chi connectivity index (χ0) is 26.0. The summed E-state index contributed by atoms with van der Waals surface area (Å²) in [4.78, 5) is 52.0. The Morgan fingerprint density at radius 2 is 1.64 bits per heavy atom. The Labute approximate surface area is 217 Å². The van der Waals surface area contributed by atoms with Gasteiger partial charge in [-0.3, -0.25) is 19.3 Å². The fourth-order valence-corrected chi connectivity index (χ4v) is 5.01. The molecule has 9 nitrogen and oxygen atoms in total. The van der Waals surface area contributed by atoms with Gasteiger partial charge in [-0.2, -0.15) is 0 Å². The minimum absolute atomic E-state index is 0.0863. The highest BCUT2D eigenvalue weighted by molar-refractivity contribution is 6.31. The Bertz CT molecular complexity index is 1180. The number of alkyl halides is 2. The number of hydrogen-bond donors (Lipinski definition) is 1. The van der Waals surface area contributed by atoms with Crippen LogP contribution in [-0.4, -0.2) is 55.3 Å². The number of methoxy groups -OCH3 is 2. The van der Waals surface area contributed by atoms with Crippen molar-refractivity contribution in [2.45, 2.75) is 23.6 Å². The monoisotopic (exact) mass is 534 g/mol. The van der Waals surface area contributed by atoms with Crippen LogP contribution in [0.4, 0.5) is 11.4 Å². The quantitative estimate of drug-likeness (QED) is 0.328. The van der Waals surface area contributed by atoms with E-state index >= 15 is 0 Å². The molecule has 0 bridgehead atoms. The summed E-state index contributed by atoms with van der Waals surface area (Å²) < 4.78 is 15.5. The van der Waals surface area contributed by atoms with Crippen LogP contribution in [0.15, 0.2) is 42.5 Å². The Morgan fingerprint density at radius 1 is 0.972 bits per heavy atom. The van der Waals surface area contributed by atoms with E-state index in [9.17, 15) is 19.2 Å². The standard InChI is InChI=1S/C25H24Cl2N2O7/c1-34-15-6-7-20(21(9-15)35-2)28-22(30)12-36-25(33)13-4-3-5-14(8-13)29-23(31)16-10-18(26)19(27)11-17(16)24(29)32/h3-9,16-19H,10-12H2,1-2H3,(H,28,30)/t16-,17+,18+,19-. The SMILES string of the molecule is COc1ccc(NC(=O)COC(=O)c2cccc(N3C(=O)[C@H]4C[C@@H](Cl)[C@@H](Cl)C[C@H]4C3=O)c2)c(OC)c1. The van der Waals surface area contributed by atoms with Crippen molar-refractivity contribution in [1.29, 1.82) is 0 Å². The van der Waals surface area contributed by atoms with Gasteiger partial charge >= 0.3 is 5.97 Å². The van der Waals surface area contributed by atoms with E-state index in [-0.39, 0.29) is 23.1 Å². The molecule has 4 atom stereocenters. The minimum atomic E-state index is -0.785. The molecule has 2 aromatic carbocycles. The number of fused-ring (bicyclic) bond motifs is 1. The van der Waals surface area contributed by atoms with Crippen LogP contribution in [0.1, 0.15) is 23.2 Å². The summed E-state index contributed by atoms with van der Waals surface area (Å²) in [6.45, 7) is -0.557. The first-order valence-electron chi connectivity index (χ1n) is 11.2. The van der Waals surface area contributed by atoms with Gasteiger partial charge in [0.15, 0.2) is 6.61 Å². The molecular weight excluding hydrogens is 511 g/mol. The summed E-state index contributed by atoms with van der Waals surface area (Å²) in [7, 11) is 2.96. The second-order valence-corrected chi connectivity index (χ2v) is 9.59. The average molecular weight is 535 g/mol. The van der Waals surface area contributed by atoms with Crippen LogP contribution in [-0.2, 0) is 19.1 Å². The second kappa shape index (κ2) is 10.8. The van der Waals surface area contributed by atoms with Gasteiger partial charge in [0.2, 0.25) is 11.8 Å². The molecule has 4 rings (SSSR count). The van der Waals surface area contributed by atoms with Gasteiger partial charge in [0.1, 0.15) is 11.5 Å². The van der Waals surface area contributed by atoms with Crippen LogP contribution >= 0.6 is 23.2 Å². The van der Waals surface area contributed by atoms with E-state index in [0.717, 1.165) is 4.90 Å². The summed E-state index contributed by atoms with van der Waals surface area (Å²) in [5.74, 6) is -2.24. The fourth-order valence-electron chi connectivity index (χ4n) is 4.42. The van der Waals surface area contributed by atoms with Gasteiger partial charge in [-0.15, -0.1) is 23.2 Å². The Hall–Kier alpha value is -3.30. The summed E-state index contributed by atoms with van der Waals surface area (Å²) in [5.41, 5.74) is 0.717. The molecule has 1 N–H and O–H groups in total. The molecule has 0 unspecified atom stereocenters. The van der Waals surface area contributed by atoms with Crippen LogP contribution < -0.4 is 19.7 Å². The molecule has 3 amide bonds. The van der Waals surface area contributed by atoms with Gasteiger partial charge in [0.05, 0.1) is 53.7 Å². The van der Waals surface area contributed by atoms with Gasteiger partial charge in [-0.1, -0.05) is 6.07 Å². The Balaban J connectivity index is 1.41. The summed E-state index contributed by atoms with van der Waals surface area (Å²) in [5, 5.41) is 1.82. The third kappa shape index (κ3) is 5.12. The summed E-state index contributed by atoms with van der Waals surface area (Å²) in [6, 6.07) is 10.8. The molecule has 0 spiro atoms. The van der Waals surface area contributed by atoms with Gasteiger partial charge in [0, 0.05) is 6.07 Å². The van der Waals surface area contributed by atoms with Crippen molar-refractivity contribution in [1.82, 2.24) is 0 Å². The third-order valence-electron chi connectivity index (χ3n) is 6.27. The number of carbonyl (C=O) groups excluding carboxylic acids is 4. The average Bonchev–Trinajstić information content (AvgIpc) is 3.11. The number of halogens is 2. The minimum Gasteiger partial charge on any atom is -0.497 e. The highest BCUT2D eigenvalue weighted by atomic mass is 35.5. The number of rotatable bonds is 7. The fraction of sp³-hybridized carbons (Fsp3) is 0.360. The number of carbonyl (C=O) groups is 4. The molecule has 11 heteroatoms. The zero-order valence-corrected chi connectivity index (χ0v) is 21.0. The maximum atomic E-state index is 13.0. The lowest BCUT2D eigenvalue weighted by atomic mass is 9.80. The van der Waals surface area contributed by atoms with Crippen molar-refractivity contribution in [3.8, 4) is 11.5 Å². The Kier molecular flexibility index (Phi) is 7.70. The number of anilines is 2. The van der Waals surface area contributed by atoms with E-state index in [2.05, 4.69) is 5.32 Å². The van der Waals surface area contributed by atoms with Crippen molar-refractivity contribution in [3.05, 3.63) is 48.0 Å². The number of imide groups is 1. The van der Waals surface area contributed by atoms with E-state index in [1.807, 2.05) is 0 Å². The van der Waals surface area contributed by atoms with Crippen molar-refractivity contribution >= 4 is 58.3 Å². The molecule has 1 aliphatic heterocycles. The molecule has 1 aliphatic carbocycles. The molecule has 1 saturated heterocycles. The van der Waals surface area contributed by atoms with Crippen molar-refractivity contribution in [2.75, 3.05) is 31.0 Å². The molecular formula is C25H24Cl2N2O7. The molecule has 1 saturated carbocycles. The molecule has 0 aromatic heterocycles. The predicted molar refractivity (Wildman–Crippen MR) is 133 cm³/mol. The van der Waals surface area contributed by atoms with Crippen molar-refractivity contribution in [2.24, 2.45) is 11.8 Å². The molecule has 190 valence electrons. The lowest BCUT2D eigenvalue weighted by Crippen LogP contribution is -2.34. The zero-order valence-electron chi connectivity index (χ0n) is 19.5. The summed E-state index contributed by atoms with van der Waals surface area (Å²) in [6.07, 6.45) is 0.634. The first kappa shape index (κ1) is 25.8. The third-order valence-corrected chi connectivity index (χ3v) is 7.36. The number of benzene rings is 2. The lowest BCUT2D eigenvalue weighted by Gasteiger charge is -2.28. The van der Waals surface area contributed by atoms with E-state index in [4.69, 9.17) is 37.4 Å². The van der Waals surface area contributed by atoms with E-state index < -0.39 is 41.1 Å². The van der Waals surface area contributed by atoms with E-state index in [1.54, 1.807) is 24.3 Å². The molecule has 36 heavy (non-hydrogen) atoms. The van der Waals surface area contributed by atoms with Crippen LogP contribution in [0.3, 0.4) is 0 Å². The van der Waals surface area contributed by atoms with Crippen molar-refractivity contribution < 1.29 is 33.4 Å². The number of nitrogens with one attached hydrogen (secondary N) is 1. The number of amides is 3. The first-order chi connectivity index (χ1) is 17.2. The molecule has 2 fully saturated rings. The number of esters is 1. The summed E-state index contributed by atoms with van der Waals surface area (Å²) >= 11 is 12.5. The van der Waals surface area contributed by atoms with Crippen LogP contribution in [0.5, 0.6) is 11.5 Å². The van der Waals surface area contributed by atoms with Crippen LogP contribution in [0.2, 0.25) is 0 Å². The van der Waals surface area contributed by atoms with Crippen LogP contribution in [0, 0.1) is 11.8 Å². The lowest BCUT2D eigenvalue weighted by molar-refractivity contribution is -0.122. The Morgan fingerprint density at radius 3 is 2.25 bits per heavy atom. The predicted octanol–water partition coefficient (Wildman–Crippen LogP) is 3.61. The highest BCUT2D eigenvalue weighted by Crippen LogP contribution is 2.43. The molecule has 0 radical (unpaired) electrons. The highest BCUT2D eigenvalue weighted by Gasteiger charge is 2.52. The maximum absolute atomic E-state index is 13.0. The maximum Gasteiger partial charge on any atom is 0.338 e. The van der Waals surface area contributed by atoms with Crippen LogP contribution in [0.25, 0.3) is 0 Å². The number of nitrogens with zero attached hydrogens (tertiary/aromatic N) is 1. The van der Waals surface area contributed by atoms with Gasteiger partial charge in [0.25, 0.3) is 5.91 Å². The topological polar surface area (TPSA) is 111 Å². The molecule has 2 aromatic rings. The van der Waals surface area contributed by atoms with E-state index in [0.29, 0.717) is 30.0 Å². The molecule has 2 aliphatic rings. The van der Waals surface area contributed by atoms with E-state index in [1.165, 1.54) is 32.4 Å². The molecule has 1 heterocycles. The number of hydrogen-bond acceptors (Lipinski definition) is 7. The number of ether oxygens (including phenoxy) is 3. The van der Waals surface area contributed by atoms with Gasteiger partial charge in [-0.25, -0.2) is 4.79 Å². The van der Waals surface area contributed by atoms with Crippen molar-refractivity contribution in [3.63, 3.8) is 0 Å². The first-order valence-corrected chi connectivity index (χ1v) is 12.1. The normalized spacial score (nSPS) is 23.2.